The van der Waals surface area contributed by atoms with E-state index in [4.69, 9.17) is 4.74 Å². The Morgan fingerprint density at radius 3 is 2.78 bits per heavy atom. The van der Waals surface area contributed by atoms with Gasteiger partial charge in [0.15, 0.2) is 11.5 Å². The van der Waals surface area contributed by atoms with E-state index in [0.717, 1.165) is 36.5 Å². The molecule has 2 aromatic rings. The number of likely N-dealkylation sites (tertiary alicyclic amines) is 1. The molecule has 0 unspecified atom stereocenters. The number of nitrogens with one attached hydrogen (secondary N) is 1. The number of amides is 1. The Hall–Kier alpha value is -2.85. The molecule has 3 heterocycles. The highest BCUT2D eigenvalue weighted by Gasteiger charge is 2.73. The van der Waals surface area contributed by atoms with Crippen molar-refractivity contribution < 1.29 is 32.9 Å². The first-order valence-corrected chi connectivity index (χ1v) is 12.9. The Morgan fingerprint density at radius 2 is 2.03 bits per heavy atom. The van der Waals surface area contributed by atoms with Gasteiger partial charge in [-0.25, -0.2) is 0 Å². The van der Waals surface area contributed by atoms with Crippen LogP contribution in [0.15, 0.2) is 30.6 Å². The number of rotatable bonds is 4. The molecule has 2 aliphatic heterocycles. The van der Waals surface area contributed by atoms with Gasteiger partial charge >= 0.3 is 6.18 Å². The van der Waals surface area contributed by atoms with E-state index in [-0.39, 0.29) is 11.8 Å². The van der Waals surface area contributed by atoms with Crippen molar-refractivity contribution in [1.29, 1.82) is 0 Å². The second-order valence-corrected chi connectivity index (χ2v) is 11.3. The van der Waals surface area contributed by atoms with Gasteiger partial charge < -0.3 is 20.3 Å². The predicted molar refractivity (Wildman–Crippen MR) is 125 cm³/mol. The van der Waals surface area contributed by atoms with Gasteiger partial charge in [0, 0.05) is 30.5 Å². The zero-order valence-electron chi connectivity index (χ0n) is 20.1. The van der Waals surface area contributed by atoms with Crippen molar-refractivity contribution in [2.45, 2.75) is 73.9 Å². The third-order valence-corrected chi connectivity index (χ3v) is 9.45. The maximum absolute atomic E-state index is 13.6. The van der Waals surface area contributed by atoms with Crippen molar-refractivity contribution in [2.24, 2.45) is 5.92 Å². The van der Waals surface area contributed by atoms with Crippen molar-refractivity contribution in [3.05, 3.63) is 52.8 Å². The molecule has 7 nitrogen and oxygen atoms in total. The van der Waals surface area contributed by atoms with E-state index >= 15 is 0 Å². The molecule has 2 saturated carbocycles. The molecular formula is C27H28F3N3O4. The Morgan fingerprint density at radius 1 is 1.22 bits per heavy atom. The highest BCUT2D eigenvalue weighted by molar-refractivity contribution is 5.96. The van der Waals surface area contributed by atoms with E-state index in [1.807, 2.05) is 6.07 Å². The van der Waals surface area contributed by atoms with Gasteiger partial charge in [-0.05, 0) is 68.7 Å². The van der Waals surface area contributed by atoms with Crippen LogP contribution in [0, 0.1) is 5.92 Å². The maximum atomic E-state index is 13.6. The number of aromatic nitrogens is 1. The number of aliphatic hydroxyl groups is 1. The summed E-state index contributed by atoms with van der Waals surface area (Å²) in [5, 5.41) is 26.0. The van der Waals surface area contributed by atoms with Crippen molar-refractivity contribution in [2.75, 3.05) is 13.1 Å². The molecule has 5 atom stereocenters. The van der Waals surface area contributed by atoms with Crippen LogP contribution in [-0.2, 0) is 18.0 Å². The van der Waals surface area contributed by atoms with Crippen LogP contribution in [-0.4, -0.2) is 62.9 Å². The molecule has 0 radical (unpaired) electrons. The molecule has 3 fully saturated rings. The molecule has 2 bridgehead atoms. The van der Waals surface area contributed by atoms with Crippen LogP contribution >= 0.6 is 0 Å². The number of hydrogen-bond acceptors (Lipinski definition) is 6. The van der Waals surface area contributed by atoms with Gasteiger partial charge in [0.1, 0.15) is 6.10 Å². The largest absolute Gasteiger partial charge is 0.504 e. The van der Waals surface area contributed by atoms with Crippen LogP contribution in [0.25, 0.3) is 0 Å². The number of carbonyl (C=O) groups excluding carboxylic acids is 1. The minimum absolute atomic E-state index is 0.0256. The van der Waals surface area contributed by atoms with Gasteiger partial charge in [-0.1, -0.05) is 6.07 Å². The smallest absolute Gasteiger partial charge is 0.418 e. The molecule has 1 spiro atoms. The van der Waals surface area contributed by atoms with E-state index in [1.54, 1.807) is 6.07 Å². The van der Waals surface area contributed by atoms with Crippen molar-refractivity contribution in [1.82, 2.24) is 15.2 Å². The first kappa shape index (κ1) is 23.3. The highest BCUT2D eigenvalue weighted by atomic mass is 19.4. The number of benzene rings is 1. The quantitative estimate of drug-likeness (QED) is 0.579. The number of phenols is 1. The number of hydrogen-bond donors (Lipinski definition) is 3. The fourth-order valence-corrected chi connectivity index (χ4v) is 7.69. The number of alkyl halides is 3. The number of aromatic hydroxyl groups is 1. The number of nitrogens with zero attached hydrogens (tertiary/aromatic N) is 2. The highest BCUT2D eigenvalue weighted by Crippen LogP contribution is 2.65. The van der Waals surface area contributed by atoms with Crippen LogP contribution in [0.5, 0.6) is 11.5 Å². The zero-order valence-corrected chi connectivity index (χ0v) is 20.1. The molecule has 37 heavy (non-hydrogen) atoms. The van der Waals surface area contributed by atoms with Gasteiger partial charge in [0.2, 0.25) is 0 Å². The Labute approximate surface area is 211 Å². The second-order valence-electron chi connectivity index (χ2n) is 11.3. The predicted octanol–water partition coefficient (Wildman–Crippen LogP) is 3.17. The SMILES string of the molecule is O=C(N[C@@H]1CC[C@@]2(O)[C@H]3Cc4ccc(O)c5c4[C@@]2(CCN3CC2CC2)[C@H]1O5)c1ccncc1C(F)(F)F. The molecule has 1 amide bonds. The lowest BCUT2D eigenvalue weighted by Gasteiger charge is -2.64. The normalized spacial score (nSPS) is 34.0. The maximum Gasteiger partial charge on any atom is 0.418 e. The van der Waals surface area contributed by atoms with Crippen molar-refractivity contribution in [3.63, 3.8) is 0 Å². The van der Waals surface area contributed by atoms with Crippen molar-refractivity contribution in [3.8, 4) is 11.5 Å². The number of piperidine rings is 1. The summed E-state index contributed by atoms with van der Waals surface area (Å²) in [6.07, 6.45) is 0.739. The third-order valence-electron chi connectivity index (χ3n) is 9.45. The van der Waals surface area contributed by atoms with Crippen LogP contribution < -0.4 is 10.1 Å². The molecule has 3 N–H and O–H groups in total. The van der Waals surface area contributed by atoms with Gasteiger partial charge in [0.25, 0.3) is 5.91 Å². The van der Waals surface area contributed by atoms with Crippen LogP contribution in [0.3, 0.4) is 0 Å². The molecular weight excluding hydrogens is 487 g/mol. The van der Waals surface area contributed by atoms with E-state index in [2.05, 4.69) is 15.2 Å². The second kappa shape index (κ2) is 7.60. The van der Waals surface area contributed by atoms with Gasteiger partial charge in [-0.15, -0.1) is 0 Å². The molecule has 1 aromatic heterocycles. The standard InChI is InChI=1S/C27H28F3N3O4/c28-27(29,30)17-12-31-9-6-16(17)24(35)32-18-5-7-26(36)20-11-15-3-4-19(34)22-21(15)25(26,23(18)37-22)8-10-33(20)13-14-1-2-14/h3-4,6,9,12,14,18,20,23,34,36H,1-2,5,7-8,10-11,13H2,(H,32,35)/t18-,20-,23+,25+,26-/m1/s1. The van der Waals surface area contributed by atoms with Crippen LogP contribution in [0.1, 0.15) is 59.2 Å². The Balaban J connectivity index is 1.28. The van der Waals surface area contributed by atoms with E-state index in [1.165, 1.54) is 12.8 Å². The van der Waals surface area contributed by atoms with E-state index < -0.39 is 46.4 Å². The number of pyridine rings is 1. The minimum atomic E-state index is -4.72. The Kier molecular flexibility index (Phi) is 4.78. The lowest BCUT2D eigenvalue weighted by molar-refractivity contribution is -0.191. The molecule has 196 valence electrons. The number of phenolic OH excluding ortho intramolecular Hbond substituents is 1. The van der Waals surface area contributed by atoms with Gasteiger partial charge in [-0.3, -0.25) is 14.7 Å². The molecule has 3 aliphatic carbocycles. The summed E-state index contributed by atoms with van der Waals surface area (Å²) in [6.45, 7) is 1.69. The first-order chi connectivity index (χ1) is 17.6. The molecule has 10 heteroatoms. The van der Waals surface area contributed by atoms with Gasteiger partial charge in [0.05, 0.1) is 28.2 Å². The summed E-state index contributed by atoms with van der Waals surface area (Å²) in [5.74, 6) is 0.103. The lowest BCUT2D eigenvalue weighted by atomic mass is 9.48. The number of halogens is 3. The van der Waals surface area contributed by atoms with Crippen molar-refractivity contribution >= 4 is 5.91 Å². The number of carbonyl (C=O) groups is 1. The summed E-state index contributed by atoms with van der Waals surface area (Å²) in [5.41, 5.74) is -1.76. The fourth-order valence-electron chi connectivity index (χ4n) is 7.69. The summed E-state index contributed by atoms with van der Waals surface area (Å²) in [6, 6.07) is 3.80. The summed E-state index contributed by atoms with van der Waals surface area (Å²) >= 11 is 0. The van der Waals surface area contributed by atoms with Crippen LogP contribution in [0.4, 0.5) is 13.2 Å². The summed E-state index contributed by atoms with van der Waals surface area (Å²) in [7, 11) is 0. The molecule has 1 aromatic carbocycles. The van der Waals surface area contributed by atoms with E-state index in [0.29, 0.717) is 43.5 Å². The van der Waals surface area contributed by atoms with E-state index in [9.17, 15) is 28.2 Å². The number of ether oxygens (including phenoxy) is 1. The topological polar surface area (TPSA) is 94.9 Å². The van der Waals surface area contributed by atoms with Crippen LogP contribution in [0.2, 0.25) is 0 Å². The average Bonchev–Trinajstić information content (AvgIpc) is 3.60. The minimum Gasteiger partial charge on any atom is -0.504 e. The van der Waals surface area contributed by atoms with Gasteiger partial charge in [-0.2, -0.15) is 13.2 Å². The zero-order chi connectivity index (χ0) is 25.7. The summed E-state index contributed by atoms with van der Waals surface area (Å²) < 4.78 is 47.1. The molecule has 7 rings (SSSR count). The monoisotopic (exact) mass is 515 g/mol. The summed E-state index contributed by atoms with van der Waals surface area (Å²) in [4.78, 5) is 19.1. The molecule has 5 aliphatic rings. The average molecular weight is 516 g/mol. The third kappa shape index (κ3) is 3.14. The Bertz CT molecular complexity index is 1300. The lowest BCUT2D eigenvalue weighted by Crippen LogP contribution is -2.78. The molecule has 1 saturated heterocycles. The first-order valence-electron chi connectivity index (χ1n) is 12.9. The fraction of sp³-hybridized carbons (Fsp3) is 0.556.